The average Bonchev–Trinajstić information content (AvgIpc) is 2.39. The number of rotatable bonds is 3. The molecule has 16 heavy (non-hydrogen) atoms. The Balaban J connectivity index is 1.92. The van der Waals surface area contributed by atoms with Crippen LogP contribution in [0.2, 0.25) is 0 Å². The van der Waals surface area contributed by atoms with E-state index in [9.17, 15) is 0 Å². The van der Waals surface area contributed by atoms with Gasteiger partial charge in [-0.15, -0.1) is 0 Å². The fourth-order valence-electron chi connectivity index (χ4n) is 2.67. The van der Waals surface area contributed by atoms with Gasteiger partial charge in [-0.2, -0.15) is 0 Å². The third-order valence-corrected chi connectivity index (χ3v) is 3.76. The maximum atomic E-state index is 5.84. The summed E-state index contributed by atoms with van der Waals surface area (Å²) in [4.78, 5) is 2.56. The summed E-state index contributed by atoms with van der Waals surface area (Å²) in [6, 6.07) is 1.05. The topological polar surface area (TPSA) is 33.7 Å². The van der Waals surface area contributed by atoms with E-state index < -0.39 is 0 Å². The van der Waals surface area contributed by atoms with E-state index in [1.807, 2.05) is 0 Å². The zero-order valence-corrected chi connectivity index (χ0v) is 10.4. The summed E-state index contributed by atoms with van der Waals surface area (Å²) in [7, 11) is 0. The molecule has 0 radical (unpaired) electrons. The largest absolute Gasteiger partial charge is 0.378 e. The highest BCUT2D eigenvalue weighted by molar-refractivity contribution is 4.86. The van der Waals surface area contributed by atoms with Gasteiger partial charge in [0.25, 0.3) is 0 Å². The monoisotopic (exact) mass is 228 g/mol. The molecule has 4 nitrogen and oxygen atoms in total. The minimum atomic E-state index is 0.334. The van der Waals surface area contributed by atoms with E-state index >= 15 is 0 Å². The second kappa shape index (κ2) is 5.96. The van der Waals surface area contributed by atoms with Crippen molar-refractivity contribution in [2.45, 2.75) is 38.5 Å². The van der Waals surface area contributed by atoms with Gasteiger partial charge >= 0.3 is 0 Å². The first-order valence-electron chi connectivity index (χ1n) is 6.48. The molecule has 0 aromatic rings. The summed E-state index contributed by atoms with van der Waals surface area (Å²) >= 11 is 0. The Kier molecular flexibility index (Phi) is 4.58. The van der Waals surface area contributed by atoms with Crippen molar-refractivity contribution in [3.8, 4) is 0 Å². The SMILES string of the molecule is CCC1COCCN1C(C)C1CNCCO1. The molecule has 0 amide bonds. The van der Waals surface area contributed by atoms with Crippen LogP contribution in [0.5, 0.6) is 0 Å². The van der Waals surface area contributed by atoms with Crippen molar-refractivity contribution in [1.82, 2.24) is 10.2 Å². The van der Waals surface area contributed by atoms with Gasteiger partial charge in [0.05, 0.1) is 25.9 Å². The quantitative estimate of drug-likeness (QED) is 0.761. The molecule has 1 N–H and O–H groups in total. The lowest BCUT2D eigenvalue weighted by Gasteiger charge is -2.43. The maximum absolute atomic E-state index is 5.84. The van der Waals surface area contributed by atoms with Crippen LogP contribution in [0.15, 0.2) is 0 Å². The van der Waals surface area contributed by atoms with Crippen molar-refractivity contribution in [1.29, 1.82) is 0 Å². The fraction of sp³-hybridized carbons (Fsp3) is 1.00. The molecular weight excluding hydrogens is 204 g/mol. The fourth-order valence-corrected chi connectivity index (χ4v) is 2.67. The molecule has 2 heterocycles. The van der Waals surface area contributed by atoms with Gasteiger partial charge in [-0.3, -0.25) is 4.90 Å². The molecule has 0 spiro atoms. The van der Waals surface area contributed by atoms with Gasteiger partial charge < -0.3 is 14.8 Å². The number of nitrogens with one attached hydrogen (secondary N) is 1. The summed E-state index contributed by atoms with van der Waals surface area (Å²) in [6.07, 6.45) is 1.49. The van der Waals surface area contributed by atoms with E-state index in [1.165, 1.54) is 0 Å². The molecule has 2 aliphatic rings. The van der Waals surface area contributed by atoms with Crippen molar-refractivity contribution in [3.63, 3.8) is 0 Å². The van der Waals surface area contributed by atoms with Crippen LogP contribution in [0.4, 0.5) is 0 Å². The van der Waals surface area contributed by atoms with Crippen molar-refractivity contribution in [2.24, 2.45) is 0 Å². The molecule has 3 unspecified atom stereocenters. The van der Waals surface area contributed by atoms with Gasteiger partial charge in [0.2, 0.25) is 0 Å². The molecular formula is C12H24N2O2. The number of nitrogens with zero attached hydrogens (tertiary/aromatic N) is 1. The second-order valence-corrected chi connectivity index (χ2v) is 4.73. The molecule has 2 saturated heterocycles. The Bertz CT molecular complexity index is 207. The Morgan fingerprint density at radius 1 is 1.44 bits per heavy atom. The lowest BCUT2D eigenvalue weighted by molar-refractivity contribution is -0.0801. The van der Waals surface area contributed by atoms with Crippen molar-refractivity contribution < 1.29 is 9.47 Å². The molecule has 3 atom stereocenters. The second-order valence-electron chi connectivity index (χ2n) is 4.73. The van der Waals surface area contributed by atoms with Gasteiger partial charge in [-0.05, 0) is 13.3 Å². The number of morpholine rings is 2. The average molecular weight is 228 g/mol. The van der Waals surface area contributed by atoms with Crippen molar-refractivity contribution >= 4 is 0 Å². The van der Waals surface area contributed by atoms with Gasteiger partial charge in [0.15, 0.2) is 0 Å². The maximum Gasteiger partial charge on any atom is 0.0852 e. The molecule has 4 heteroatoms. The highest BCUT2D eigenvalue weighted by atomic mass is 16.5. The molecule has 2 fully saturated rings. The van der Waals surface area contributed by atoms with Crippen LogP contribution < -0.4 is 5.32 Å². The minimum absolute atomic E-state index is 0.334. The van der Waals surface area contributed by atoms with Crippen LogP contribution in [0.1, 0.15) is 20.3 Å². The van der Waals surface area contributed by atoms with E-state index in [-0.39, 0.29) is 0 Å². The van der Waals surface area contributed by atoms with Crippen LogP contribution in [0, 0.1) is 0 Å². The summed E-state index contributed by atoms with van der Waals surface area (Å²) in [5, 5.41) is 3.40. The molecule has 0 aromatic carbocycles. The van der Waals surface area contributed by atoms with E-state index in [4.69, 9.17) is 9.47 Å². The van der Waals surface area contributed by atoms with Gasteiger partial charge in [-0.1, -0.05) is 6.92 Å². The zero-order valence-electron chi connectivity index (χ0n) is 10.4. The van der Waals surface area contributed by atoms with E-state index in [2.05, 4.69) is 24.1 Å². The highest BCUT2D eigenvalue weighted by Gasteiger charge is 2.31. The Labute approximate surface area is 98.3 Å². The Morgan fingerprint density at radius 3 is 3.00 bits per heavy atom. The van der Waals surface area contributed by atoms with Crippen LogP contribution in [-0.2, 0) is 9.47 Å². The predicted octanol–water partition coefficient (Wildman–Crippen LogP) is 0.474. The van der Waals surface area contributed by atoms with Crippen LogP contribution >= 0.6 is 0 Å². The van der Waals surface area contributed by atoms with Crippen LogP contribution in [-0.4, -0.2) is 62.5 Å². The normalized spacial score (nSPS) is 34.9. The summed E-state index contributed by atoms with van der Waals surface area (Å²) in [5.41, 5.74) is 0. The molecule has 0 saturated carbocycles. The molecule has 94 valence electrons. The molecule has 0 aliphatic carbocycles. The number of hydrogen-bond donors (Lipinski definition) is 1. The first kappa shape index (κ1) is 12.3. The van der Waals surface area contributed by atoms with Crippen molar-refractivity contribution in [3.05, 3.63) is 0 Å². The van der Waals surface area contributed by atoms with E-state index in [0.29, 0.717) is 18.2 Å². The summed E-state index contributed by atoms with van der Waals surface area (Å²) in [5.74, 6) is 0. The lowest BCUT2D eigenvalue weighted by Crippen LogP contribution is -2.57. The predicted molar refractivity (Wildman–Crippen MR) is 63.7 cm³/mol. The van der Waals surface area contributed by atoms with Gasteiger partial charge in [-0.25, -0.2) is 0 Å². The molecule has 2 rings (SSSR count). The first-order chi connectivity index (χ1) is 7.83. The van der Waals surface area contributed by atoms with Crippen molar-refractivity contribution in [2.75, 3.05) is 39.5 Å². The number of ether oxygens (including phenoxy) is 2. The third-order valence-electron chi connectivity index (χ3n) is 3.76. The van der Waals surface area contributed by atoms with Crippen LogP contribution in [0.3, 0.4) is 0 Å². The van der Waals surface area contributed by atoms with Gasteiger partial charge in [0.1, 0.15) is 0 Å². The lowest BCUT2D eigenvalue weighted by atomic mass is 10.0. The van der Waals surface area contributed by atoms with E-state index in [1.54, 1.807) is 0 Å². The molecule has 2 aliphatic heterocycles. The third kappa shape index (κ3) is 2.74. The van der Waals surface area contributed by atoms with Gasteiger partial charge in [0, 0.05) is 31.7 Å². The molecule has 0 aromatic heterocycles. The Morgan fingerprint density at radius 2 is 2.31 bits per heavy atom. The minimum Gasteiger partial charge on any atom is -0.378 e. The molecule has 0 bridgehead atoms. The standard InChI is InChI=1S/C12H24N2O2/c1-3-11-9-15-7-5-14(11)10(2)12-8-13-4-6-16-12/h10-13H,3-9H2,1-2H3. The first-order valence-corrected chi connectivity index (χ1v) is 6.48. The van der Waals surface area contributed by atoms with Crippen LogP contribution in [0.25, 0.3) is 0 Å². The van der Waals surface area contributed by atoms with E-state index in [0.717, 1.165) is 45.9 Å². The summed E-state index contributed by atoms with van der Waals surface area (Å²) < 4.78 is 11.4. The zero-order chi connectivity index (χ0) is 11.4. The number of hydrogen-bond acceptors (Lipinski definition) is 4. The summed E-state index contributed by atoms with van der Waals surface area (Å²) in [6.45, 7) is 10.1. The Hall–Kier alpha value is -0.160. The highest BCUT2D eigenvalue weighted by Crippen LogP contribution is 2.18. The smallest absolute Gasteiger partial charge is 0.0852 e.